The fourth-order valence-electron chi connectivity index (χ4n) is 1.41. The van der Waals surface area contributed by atoms with E-state index in [2.05, 4.69) is 9.88 Å². The first-order chi connectivity index (χ1) is 8.06. The molecule has 0 amide bonds. The molecule has 1 aromatic rings. The van der Waals surface area contributed by atoms with E-state index in [9.17, 15) is 10.2 Å². The van der Waals surface area contributed by atoms with Crippen LogP contribution in [0.2, 0.25) is 0 Å². The monoisotopic (exact) mass is 256 g/mol. The van der Waals surface area contributed by atoms with Gasteiger partial charge in [-0.2, -0.15) is 11.8 Å². The average Bonchev–Trinajstić information content (AvgIpc) is 2.29. The molecule has 0 aliphatic carbocycles. The van der Waals surface area contributed by atoms with Crippen LogP contribution in [0.1, 0.15) is 16.8 Å². The second kappa shape index (κ2) is 6.83. The summed E-state index contributed by atoms with van der Waals surface area (Å²) in [5, 5.41) is 19.0. The fraction of sp³-hybridized carbons (Fsp3) is 0.583. The maximum absolute atomic E-state index is 9.78. The summed E-state index contributed by atoms with van der Waals surface area (Å²) in [4.78, 5) is 6.25. The van der Waals surface area contributed by atoms with Gasteiger partial charge in [-0.3, -0.25) is 4.98 Å². The number of nitrogens with zero attached hydrogens (tertiary/aromatic N) is 2. The van der Waals surface area contributed by atoms with Gasteiger partial charge in [0.1, 0.15) is 5.75 Å². The molecular weight excluding hydrogens is 236 g/mol. The summed E-state index contributed by atoms with van der Waals surface area (Å²) in [6, 6.07) is 0. The van der Waals surface area contributed by atoms with Gasteiger partial charge in [-0.05, 0) is 26.6 Å². The van der Waals surface area contributed by atoms with Crippen molar-refractivity contribution in [3.63, 3.8) is 0 Å². The molecule has 1 rings (SSSR count). The summed E-state index contributed by atoms with van der Waals surface area (Å²) in [5.74, 6) is 1.91. The van der Waals surface area contributed by atoms with Crippen molar-refractivity contribution >= 4 is 11.8 Å². The van der Waals surface area contributed by atoms with Crippen LogP contribution in [-0.4, -0.2) is 46.5 Å². The van der Waals surface area contributed by atoms with E-state index in [0.29, 0.717) is 11.3 Å². The number of hydrogen-bond donors (Lipinski definition) is 2. The zero-order valence-corrected chi connectivity index (χ0v) is 11.4. The minimum absolute atomic E-state index is 0.123. The maximum atomic E-state index is 9.78. The van der Waals surface area contributed by atoms with E-state index >= 15 is 0 Å². The van der Waals surface area contributed by atoms with Crippen molar-refractivity contribution in [3.8, 4) is 5.75 Å². The van der Waals surface area contributed by atoms with Crippen LogP contribution in [0.15, 0.2) is 6.20 Å². The second-order valence-electron chi connectivity index (χ2n) is 4.21. The van der Waals surface area contributed by atoms with Crippen LogP contribution in [0, 0.1) is 6.92 Å². The molecule has 0 saturated carbocycles. The summed E-state index contributed by atoms with van der Waals surface area (Å²) in [6.07, 6.45) is 1.74. The minimum Gasteiger partial charge on any atom is -0.506 e. The van der Waals surface area contributed by atoms with Gasteiger partial charge < -0.3 is 15.1 Å². The molecule has 0 aromatic carbocycles. The number of aliphatic hydroxyl groups excluding tert-OH is 1. The summed E-state index contributed by atoms with van der Waals surface area (Å²) < 4.78 is 0. The van der Waals surface area contributed by atoms with Gasteiger partial charge >= 0.3 is 0 Å². The summed E-state index contributed by atoms with van der Waals surface area (Å²) in [7, 11) is 4.08. The Balaban J connectivity index is 2.62. The predicted octanol–water partition coefficient (Wildman–Crippen LogP) is 1.38. The van der Waals surface area contributed by atoms with Crippen LogP contribution in [-0.2, 0) is 12.4 Å². The molecule has 96 valence electrons. The van der Waals surface area contributed by atoms with Gasteiger partial charge in [0.15, 0.2) is 0 Å². The topological polar surface area (TPSA) is 56.6 Å². The molecule has 2 N–H and O–H groups in total. The largest absolute Gasteiger partial charge is 0.506 e. The number of aryl methyl sites for hydroxylation is 1. The third-order valence-electron chi connectivity index (χ3n) is 2.53. The van der Waals surface area contributed by atoms with Crippen molar-refractivity contribution in [2.45, 2.75) is 19.3 Å². The highest BCUT2D eigenvalue weighted by molar-refractivity contribution is 7.98. The van der Waals surface area contributed by atoms with Gasteiger partial charge in [-0.25, -0.2) is 0 Å². The Morgan fingerprint density at radius 3 is 2.71 bits per heavy atom. The normalized spacial score (nSPS) is 11.1. The highest BCUT2D eigenvalue weighted by Gasteiger charge is 2.10. The van der Waals surface area contributed by atoms with Crippen molar-refractivity contribution in [2.24, 2.45) is 0 Å². The van der Waals surface area contributed by atoms with Crippen molar-refractivity contribution in [3.05, 3.63) is 23.0 Å². The van der Waals surface area contributed by atoms with E-state index in [1.54, 1.807) is 24.9 Å². The summed E-state index contributed by atoms with van der Waals surface area (Å²) in [5.41, 5.74) is 2.09. The lowest BCUT2D eigenvalue weighted by molar-refractivity contribution is 0.274. The molecule has 0 aliphatic heterocycles. The van der Waals surface area contributed by atoms with Gasteiger partial charge in [0.2, 0.25) is 0 Å². The second-order valence-corrected chi connectivity index (χ2v) is 5.32. The number of rotatable bonds is 6. The lowest BCUT2D eigenvalue weighted by Crippen LogP contribution is -2.14. The van der Waals surface area contributed by atoms with Gasteiger partial charge in [0.05, 0.1) is 12.3 Å². The Bertz CT molecular complexity index is 370. The number of thioether (sulfide) groups is 1. The third-order valence-corrected chi connectivity index (χ3v) is 3.52. The number of hydrogen-bond acceptors (Lipinski definition) is 5. The number of aromatic hydroxyl groups is 1. The van der Waals surface area contributed by atoms with Crippen LogP contribution in [0.25, 0.3) is 0 Å². The zero-order valence-electron chi connectivity index (χ0n) is 10.6. The highest BCUT2D eigenvalue weighted by Crippen LogP contribution is 2.26. The quantitative estimate of drug-likeness (QED) is 0.753. The first-order valence-electron chi connectivity index (χ1n) is 5.56. The molecule has 0 aliphatic rings. The van der Waals surface area contributed by atoms with Gasteiger partial charge in [0.25, 0.3) is 0 Å². The predicted molar refractivity (Wildman–Crippen MR) is 71.3 cm³/mol. The van der Waals surface area contributed by atoms with E-state index in [4.69, 9.17) is 0 Å². The van der Waals surface area contributed by atoms with Crippen LogP contribution in [0.5, 0.6) is 5.75 Å². The first-order valence-corrected chi connectivity index (χ1v) is 6.71. The minimum atomic E-state index is -0.140. The lowest BCUT2D eigenvalue weighted by atomic mass is 10.1. The van der Waals surface area contributed by atoms with E-state index in [1.165, 1.54) is 0 Å². The van der Waals surface area contributed by atoms with Crippen LogP contribution < -0.4 is 0 Å². The maximum Gasteiger partial charge on any atom is 0.142 e. The van der Waals surface area contributed by atoms with Crippen LogP contribution in [0.3, 0.4) is 0 Å². The molecule has 0 fully saturated rings. The average molecular weight is 256 g/mol. The van der Waals surface area contributed by atoms with Gasteiger partial charge in [-0.1, -0.05) is 0 Å². The summed E-state index contributed by atoms with van der Waals surface area (Å²) >= 11 is 1.77. The number of aromatic nitrogens is 1. The van der Waals surface area contributed by atoms with E-state index in [0.717, 1.165) is 23.6 Å². The highest BCUT2D eigenvalue weighted by atomic mass is 32.2. The molecular formula is C12H20N2O2S. The Hall–Kier alpha value is -0.780. The Kier molecular flexibility index (Phi) is 5.74. The molecule has 4 nitrogen and oxygen atoms in total. The zero-order chi connectivity index (χ0) is 12.8. The van der Waals surface area contributed by atoms with Crippen molar-refractivity contribution in [1.29, 1.82) is 0 Å². The number of aliphatic hydroxyl groups is 1. The molecule has 17 heavy (non-hydrogen) atoms. The molecule has 1 aromatic heterocycles. The molecule has 1 heterocycles. The molecule has 0 bridgehead atoms. The third kappa shape index (κ3) is 4.18. The molecule has 0 unspecified atom stereocenters. The van der Waals surface area contributed by atoms with E-state index < -0.39 is 0 Å². The Labute approximate surface area is 107 Å². The van der Waals surface area contributed by atoms with Gasteiger partial charge in [-0.15, -0.1) is 0 Å². The van der Waals surface area contributed by atoms with Crippen molar-refractivity contribution in [1.82, 2.24) is 9.88 Å². The first kappa shape index (κ1) is 14.3. The van der Waals surface area contributed by atoms with Crippen LogP contribution >= 0.6 is 11.8 Å². The van der Waals surface area contributed by atoms with E-state index in [-0.39, 0.29) is 12.4 Å². The summed E-state index contributed by atoms with van der Waals surface area (Å²) in [6.45, 7) is 2.61. The lowest BCUT2D eigenvalue weighted by Gasteiger charge is -2.12. The standard InChI is InChI=1S/C12H20N2O2S/c1-9-12(16)11(7-15)10(6-13-9)8-17-5-4-14(2)3/h6,15-16H,4-5,7-8H2,1-3H3. The molecule has 0 atom stereocenters. The molecule has 0 saturated heterocycles. The molecule has 0 spiro atoms. The van der Waals surface area contributed by atoms with Crippen LogP contribution in [0.4, 0.5) is 0 Å². The van der Waals surface area contributed by atoms with E-state index in [1.807, 2.05) is 14.1 Å². The number of pyridine rings is 1. The molecule has 5 heteroatoms. The Morgan fingerprint density at radius 2 is 2.12 bits per heavy atom. The fourth-order valence-corrected chi connectivity index (χ4v) is 2.52. The smallest absolute Gasteiger partial charge is 0.142 e. The van der Waals surface area contributed by atoms with Crippen molar-refractivity contribution < 1.29 is 10.2 Å². The Morgan fingerprint density at radius 1 is 1.41 bits per heavy atom. The van der Waals surface area contributed by atoms with Gasteiger partial charge in [0, 0.05) is 29.8 Å². The molecule has 0 radical (unpaired) electrons. The SMILES string of the molecule is Cc1ncc(CSCCN(C)C)c(CO)c1O. The van der Waals surface area contributed by atoms with Crippen molar-refractivity contribution in [2.75, 3.05) is 26.4 Å².